The van der Waals surface area contributed by atoms with Crippen LogP contribution in [0, 0.1) is 0 Å². The molecular weight excluding hydrogens is 564 g/mol. The third kappa shape index (κ3) is 3.03. The monoisotopic (exact) mass is 588 g/mol. The van der Waals surface area contributed by atoms with Crippen molar-refractivity contribution in [3.05, 3.63) is 146 Å². The largest absolute Gasteiger partial charge is 0.456 e. The van der Waals surface area contributed by atoms with Crippen LogP contribution in [0.15, 0.2) is 154 Å². The zero-order valence-electron chi connectivity index (χ0n) is 24.6. The van der Waals surface area contributed by atoms with Crippen LogP contribution in [0.3, 0.4) is 0 Å². The molecule has 7 aromatic carbocycles. The molecule has 0 radical (unpaired) electrons. The van der Waals surface area contributed by atoms with E-state index in [1.165, 1.54) is 27.1 Å². The third-order valence-electron chi connectivity index (χ3n) is 9.71. The zero-order valence-corrected chi connectivity index (χ0v) is 24.6. The summed E-state index contributed by atoms with van der Waals surface area (Å²) in [5, 5.41) is 9.36. The molecule has 0 saturated carbocycles. The van der Waals surface area contributed by atoms with Gasteiger partial charge in [-0.25, -0.2) is 0 Å². The van der Waals surface area contributed by atoms with E-state index in [1.807, 2.05) is 24.3 Å². The van der Waals surface area contributed by atoms with Crippen LogP contribution < -0.4 is 0 Å². The van der Waals surface area contributed by atoms with Crippen molar-refractivity contribution in [3.8, 4) is 11.4 Å². The molecule has 214 valence electrons. The number of benzene rings is 7. The van der Waals surface area contributed by atoms with Crippen molar-refractivity contribution >= 4 is 87.5 Å². The summed E-state index contributed by atoms with van der Waals surface area (Å²) < 4.78 is 17.7. The minimum atomic E-state index is 0.885. The van der Waals surface area contributed by atoms with Crippen LogP contribution in [0.25, 0.3) is 98.9 Å². The Morgan fingerprint density at radius 1 is 0.370 bits per heavy atom. The number of para-hydroxylation sites is 5. The van der Waals surface area contributed by atoms with E-state index in [0.29, 0.717) is 0 Å². The molecule has 4 aromatic heterocycles. The minimum absolute atomic E-state index is 0.885. The van der Waals surface area contributed by atoms with Gasteiger partial charge in [0, 0.05) is 54.8 Å². The van der Waals surface area contributed by atoms with E-state index in [4.69, 9.17) is 8.83 Å². The lowest BCUT2D eigenvalue weighted by Gasteiger charge is -2.10. The van der Waals surface area contributed by atoms with E-state index in [9.17, 15) is 0 Å². The highest BCUT2D eigenvalue weighted by Crippen LogP contribution is 2.44. The van der Waals surface area contributed by atoms with Gasteiger partial charge in [0.05, 0.1) is 27.8 Å². The first-order valence-electron chi connectivity index (χ1n) is 15.6. The van der Waals surface area contributed by atoms with Crippen LogP contribution in [0.5, 0.6) is 0 Å². The lowest BCUT2D eigenvalue weighted by atomic mass is 10.1. The second-order valence-corrected chi connectivity index (χ2v) is 12.1. The molecular formula is C42H24N2O2. The highest BCUT2D eigenvalue weighted by Gasteiger charge is 2.23. The molecule has 4 nitrogen and oxygen atoms in total. The number of rotatable bonds is 2. The Balaban J connectivity index is 1.30. The Morgan fingerprint density at radius 3 is 1.80 bits per heavy atom. The van der Waals surface area contributed by atoms with Gasteiger partial charge in [-0.15, -0.1) is 0 Å². The van der Waals surface area contributed by atoms with Crippen molar-refractivity contribution in [2.24, 2.45) is 0 Å². The molecule has 11 aromatic rings. The van der Waals surface area contributed by atoms with Crippen LogP contribution in [0.1, 0.15) is 0 Å². The van der Waals surface area contributed by atoms with Gasteiger partial charge < -0.3 is 18.0 Å². The van der Waals surface area contributed by atoms with E-state index in [2.05, 4.69) is 130 Å². The summed E-state index contributed by atoms with van der Waals surface area (Å²) in [7, 11) is 0. The van der Waals surface area contributed by atoms with Crippen molar-refractivity contribution in [2.45, 2.75) is 0 Å². The molecule has 0 atom stereocenters. The van der Waals surface area contributed by atoms with Crippen LogP contribution >= 0.6 is 0 Å². The van der Waals surface area contributed by atoms with Gasteiger partial charge in [-0.05, 0) is 48.5 Å². The van der Waals surface area contributed by atoms with Crippen LogP contribution in [-0.4, -0.2) is 9.13 Å². The lowest BCUT2D eigenvalue weighted by molar-refractivity contribution is 0.666. The summed E-state index contributed by atoms with van der Waals surface area (Å²) in [6, 6.07) is 51.6. The number of fused-ring (bicyclic) bond motifs is 13. The van der Waals surface area contributed by atoms with Gasteiger partial charge in [0.2, 0.25) is 0 Å². The van der Waals surface area contributed by atoms with Crippen molar-refractivity contribution < 1.29 is 8.83 Å². The van der Waals surface area contributed by atoms with E-state index in [-0.39, 0.29) is 0 Å². The molecule has 4 heteroatoms. The summed E-state index contributed by atoms with van der Waals surface area (Å²) in [6.07, 6.45) is 0. The van der Waals surface area contributed by atoms with Crippen LogP contribution in [0.4, 0.5) is 0 Å². The Labute approximate surface area is 261 Å². The fourth-order valence-corrected chi connectivity index (χ4v) is 7.80. The van der Waals surface area contributed by atoms with Crippen molar-refractivity contribution in [3.63, 3.8) is 0 Å². The Kier molecular flexibility index (Phi) is 4.55. The number of hydrogen-bond acceptors (Lipinski definition) is 2. The molecule has 0 fully saturated rings. The number of hydrogen-bond donors (Lipinski definition) is 0. The fraction of sp³-hybridized carbons (Fsp3) is 0. The Bertz CT molecular complexity index is 3040. The topological polar surface area (TPSA) is 36.1 Å². The first-order valence-corrected chi connectivity index (χ1v) is 15.6. The Hall–Kier alpha value is -6.26. The van der Waals surface area contributed by atoms with Crippen molar-refractivity contribution in [1.29, 1.82) is 0 Å². The first kappa shape index (κ1) is 24.1. The summed E-state index contributed by atoms with van der Waals surface area (Å²) >= 11 is 0. The molecule has 0 bridgehead atoms. The molecule has 46 heavy (non-hydrogen) atoms. The van der Waals surface area contributed by atoms with Gasteiger partial charge in [-0.2, -0.15) is 0 Å². The summed E-state index contributed by atoms with van der Waals surface area (Å²) in [5.74, 6) is 0. The molecule has 4 heterocycles. The molecule has 0 amide bonds. The van der Waals surface area contributed by atoms with Crippen LogP contribution in [-0.2, 0) is 0 Å². The summed E-state index contributed by atoms with van der Waals surface area (Å²) in [6.45, 7) is 0. The third-order valence-corrected chi connectivity index (χ3v) is 9.71. The van der Waals surface area contributed by atoms with Crippen molar-refractivity contribution in [1.82, 2.24) is 9.13 Å². The van der Waals surface area contributed by atoms with Crippen molar-refractivity contribution in [2.75, 3.05) is 0 Å². The van der Waals surface area contributed by atoms with Gasteiger partial charge >= 0.3 is 0 Å². The first-order chi connectivity index (χ1) is 22.8. The van der Waals surface area contributed by atoms with E-state index in [0.717, 1.165) is 71.8 Å². The number of aromatic nitrogens is 2. The van der Waals surface area contributed by atoms with Crippen LogP contribution in [0.2, 0.25) is 0 Å². The molecule has 11 rings (SSSR count). The maximum Gasteiger partial charge on any atom is 0.159 e. The Morgan fingerprint density at radius 2 is 0.978 bits per heavy atom. The average Bonchev–Trinajstić information content (AvgIpc) is 3.85. The van der Waals surface area contributed by atoms with Gasteiger partial charge in [0.15, 0.2) is 5.58 Å². The molecule has 0 N–H and O–H groups in total. The summed E-state index contributed by atoms with van der Waals surface area (Å²) in [4.78, 5) is 0. The molecule has 0 spiro atoms. The second-order valence-electron chi connectivity index (χ2n) is 12.1. The van der Waals surface area contributed by atoms with Gasteiger partial charge in [0.1, 0.15) is 16.7 Å². The van der Waals surface area contributed by atoms with E-state index < -0.39 is 0 Å². The van der Waals surface area contributed by atoms with E-state index in [1.54, 1.807) is 0 Å². The molecule has 0 aliphatic heterocycles. The molecule has 0 saturated heterocycles. The maximum absolute atomic E-state index is 6.56. The quantitative estimate of drug-likeness (QED) is 0.201. The lowest BCUT2D eigenvalue weighted by Crippen LogP contribution is -1.95. The molecule has 0 aliphatic carbocycles. The fourth-order valence-electron chi connectivity index (χ4n) is 7.80. The number of furan rings is 2. The zero-order chi connectivity index (χ0) is 29.9. The standard InChI is InChI=1S/C42H24N2O2/c1-5-15-33-26(10-1)30-22-23-35-40(41(30)43(33)25-20-21-29-27-11-3-7-18-37(27)45-39(29)24-25)32-13-2-6-16-34(32)44(35)36-17-9-14-31-28-12-4-8-19-38(28)46-42(31)36/h1-24H. The van der Waals surface area contributed by atoms with Gasteiger partial charge in [-0.3, -0.25) is 0 Å². The molecule has 0 unspecified atom stereocenters. The number of nitrogens with zero attached hydrogens (tertiary/aromatic N) is 2. The summed E-state index contributed by atoms with van der Waals surface area (Å²) in [5.41, 5.74) is 10.3. The maximum atomic E-state index is 6.56. The smallest absolute Gasteiger partial charge is 0.159 e. The molecule has 0 aliphatic rings. The minimum Gasteiger partial charge on any atom is -0.456 e. The highest BCUT2D eigenvalue weighted by atomic mass is 16.3. The van der Waals surface area contributed by atoms with E-state index >= 15 is 0 Å². The normalized spacial score (nSPS) is 12.3. The predicted molar refractivity (Wildman–Crippen MR) is 190 cm³/mol. The average molecular weight is 589 g/mol. The van der Waals surface area contributed by atoms with Gasteiger partial charge in [0.25, 0.3) is 0 Å². The predicted octanol–water partition coefficient (Wildman–Crippen LogP) is 11.7. The van der Waals surface area contributed by atoms with Gasteiger partial charge in [-0.1, -0.05) is 91.0 Å². The second kappa shape index (κ2) is 8.68. The SMILES string of the molecule is c1ccc2c(c1)oc1cc(-n3c4ccccc4c4ccc5c(c6ccccc6n5-c5cccc6c5oc5ccccc56)c43)ccc12. The highest BCUT2D eigenvalue weighted by molar-refractivity contribution is 6.26.